The van der Waals surface area contributed by atoms with Crippen LogP contribution in [0.1, 0.15) is 30.2 Å². The SMILES string of the molecule is CC(c1cc(F)ccc1F)N(C)Cc1noc(CN)n1.Cl. The largest absolute Gasteiger partial charge is 0.338 e. The van der Waals surface area contributed by atoms with Gasteiger partial charge in [-0.25, -0.2) is 8.78 Å². The maximum atomic E-state index is 13.7. The molecule has 1 atom stereocenters. The lowest BCUT2D eigenvalue weighted by atomic mass is 10.1. The molecule has 8 heteroatoms. The van der Waals surface area contributed by atoms with Crippen LogP contribution >= 0.6 is 12.4 Å². The third kappa shape index (κ3) is 4.20. The molecule has 0 amide bonds. The molecule has 0 fully saturated rings. The Bertz CT molecular complexity index is 593. The van der Waals surface area contributed by atoms with Gasteiger partial charge in [-0.3, -0.25) is 4.90 Å². The topological polar surface area (TPSA) is 68.2 Å². The van der Waals surface area contributed by atoms with Crippen LogP contribution < -0.4 is 5.73 Å². The molecule has 1 aromatic heterocycles. The van der Waals surface area contributed by atoms with E-state index >= 15 is 0 Å². The first-order valence-corrected chi connectivity index (χ1v) is 6.18. The molecule has 1 unspecified atom stereocenters. The summed E-state index contributed by atoms with van der Waals surface area (Å²) in [6.45, 7) is 2.30. The third-order valence-electron chi connectivity index (χ3n) is 3.14. The second-order valence-corrected chi connectivity index (χ2v) is 4.57. The van der Waals surface area contributed by atoms with Crippen LogP contribution in [0.15, 0.2) is 22.7 Å². The van der Waals surface area contributed by atoms with Gasteiger partial charge in [0.05, 0.1) is 13.1 Å². The first kappa shape index (κ1) is 17.5. The number of hydrogen-bond donors (Lipinski definition) is 1. The summed E-state index contributed by atoms with van der Waals surface area (Å²) in [5.41, 5.74) is 5.67. The quantitative estimate of drug-likeness (QED) is 0.917. The predicted molar refractivity (Wildman–Crippen MR) is 75.7 cm³/mol. The van der Waals surface area contributed by atoms with Crippen molar-refractivity contribution in [2.45, 2.75) is 26.1 Å². The fourth-order valence-corrected chi connectivity index (χ4v) is 1.87. The second-order valence-electron chi connectivity index (χ2n) is 4.57. The van der Waals surface area contributed by atoms with Gasteiger partial charge in [0, 0.05) is 11.6 Å². The van der Waals surface area contributed by atoms with Gasteiger partial charge in [0.2, 0.25) is 5.89 Å². The minimum atomic E-state index is -0.466. The van der Waals surface area contributed by atoms with Crippen LogP contribution in [0.2, 0.25) is 0 Å². The van der Waals surface area contributed by atoms with Crippen LogP contribution in [0.4, 0.5) is 8.78 Å². The summed E-state index contributed by atoms with van der Waals surface area (Å²) in [6, 6.07) is 3.08. The Kier molecular flexibility index (Phi) is 6.19. The maximum Gasteiger partial charge on any atom is 0.240 e. The van der Waals surface area contributed by atoms with Gasteiger partial charge in [0.1, 0.15) is 11.6 Å². The summed E-state index contributed by atoms with van der Waals surface area (Å²) < 4.78 is 31.8. The van der Waals surface area contributed by atoms with E-state index in [4.69, 9.17) is 10.3 Å². The van der Waals surface area contributed by atoms with Crippen molar-refractivity contribution in [3.63, 3.8) is 0 Å². The molecule has 1 heterocycles. The van der Waals surface area contributed by atoms with Crippen molar-refractivity contribution in [2.24, 2.45) is 5.73 Å². The van der Waals surface area contributed by atoms with E-state index in [0.29, 0.717) is 18.3 Å². The zero-order chi connectivity index (χ0) is 14.7. The molecule has 0 bridgehead atoms. The number of aromatic nitrogens is 2. The zero-order valence-corrected chi connectivity index (χ0v) is 12.5. The van der Waals surface area contributed by atoms with E-state index in [1.54, 1.807) is 18.9 Å². The minimum Gasteiger partial charge on any atom is -0.338 e. The highest BCUT2D eigenvalue weighted by molar-refractivity contribution is 5.85. The van der Waals surface area contributed by atoms with Crippen LogP contribution in [0.3, 0.4) is 0 Å². The minimum absolute atomic E-state index is 0. The first-order valence-electron chi connectivity index (χ1n) is 6.18. The van der Waals surface area contributed by atoms with Crippen molar-refractivity contribution < 1.29 is 13.3 Å². The van der Waals surface area contributed by atoms with E-state index in [1.807, 2.05) is 0 Å². The second kappa shape index (κ2) is 7.44. The molecular weight excluding hydrogens is 302 g/mol. The van der Waals surface area contributed by atoms with E-state index in [-0.39, 0.29) is 30.6 Å². The lowest BCUT2D eigenvalue weighted by Gasteiger charge is -2.24. The van der Waals surface area contributed by atoms with E-state index in [9.17, 15) is 8.78 Å². The summed E-state index contributed by atoms with van der Waals surface area (Å²) in [4.78, 5) is 5.87. The van der Waals surface area contributed by atoms with Crippen molar-refractivity contribution in [3.05, 3.63) is 47.1 Å². The van der Waals surface area contributed by atoms with Gasteiger partial charge in [-0.05, 0) is 32.2 Å². The van der Waals surface area contributed by atoms with Crippen molar-refractivity contribution in [3.8, 4) is 0 Å². The Hall–Kier alpha value is -1.57. The molecule has 5 nitrogen and oxygen atoms in total. The van der Waals surface area contributed by atoms with Crippen LogP contribution in [0, 0.1) is 11.6 Å². The lowest BCUT2D eigenvalue weighted by Crippen LogP contribution is -2.23. The van der Waals surface area contributed by atoms with Crippen molar-refractivity contribution in [1.82, 2.24) is 15.0 Å². The molecule has 2 N–H and O–H groups in total. The van der Waals surface area contributed by atoms with Gasteiger partial charge in [-0.2, -0.15) is 4.98 Å². The van der Waals surface area contributed by atoms with Crippen LogP contribution in [-0.2, 0) is 13.1 Å². The van der Waals surface area contributed by atoms with E-state index in [1.165, 1.54) is 6.07 Å². The fourth-order valence-electron chi connectivity index (χ4n) is 1.87. The van der Waals surface area contributed by atoms with Gasteiger partial charge in [0.25, 0.3) is 0 Å². The highest BCUT2D eigenvalue weighted by Crippen LogP contribution is 2.23. The Balaban J connectivity index is 0.00000220. The number of nitrogens with two attached hydrogens (primary N) is 1. The summed E-state index contributed by atoms with van der Waals surface area (Å²) in [5.74, 6) is -0.109. The van der Waals surface area contributed by atoms with Gasteiger partial charge >= 0.3 is 0 Å². The molecule has 0 aliphatic rings. The molecule has 0 saturated heterocycles. The molecule has 2 rings (SSSR count). The molecule has 116 valence electrons. The van der Waals surface area contributed by atoms with Crippen LogP contribution in [-0.4, -0.2) is 22.1 Å². The van der Waals surface area contributed by atoms with E-state index in [2.05, 4.69) is 10.1 Å². The van der Waals surface area contributed by atoms with Crippen molar-refractivity contribution in [1.29, 1.82) is 0 Å². The molecule has 21 heavy (non-hydrogen) atoms. The number of benzene rings is 1. The molecule has 2 aromatic rings. The number of rotatable bonds is 5. The fraction of sp³-hybridized carbons (Fsp3) is 0.385. The average Bonchev–Trinajstić information content (AvgIpc) is 2.88. The molecule has 0 aliphatic heterocycles. The molecule has 0 radical (unpaired) electrons. The molecular formula is C13H17ClF2N4O. The Morgan fingerprint density at radius 2 is 2.10 bits per heavy atom. The normalized spacial score (nSPS) is 12.3. The highest BCUT2D eigenvalue weighted by atomic mass is 35.5. The van der Waals surface area contributed by atoms with Gasteiger partial charge in [-0.15, -0.1) is 12.4 Å². The Labute approximate surface area is 127 Å². The summed E-state index contributed by atoms with van der Waals surface area (Å²) in [6.07, 6.45) is 0. The first-order chi connectivity index (χ1) is 9.51. The summed E-state index contributed by atoms with van der Waals surface area (Å²) in [5, 5.41) is 3.77. The third-order valence-corrected chi connectivity index (χ3v) is 3.14. The number of hydrogen-bond acceptors (Lipinski definition) is 5. The van der Waals surface area contributed by atoms with Gasteiger partial charge < -0.3 is 10.3 Å². The smallest absolute Gasteiger partial charge is 0.240 e. The van der Waals surface area contributed by atoms with Crippen LogP contribution in [0.5, 0.6) is 0 Å². The monoisotopic (exact) mass is 318 g/mol. The Morgan fingerprint density at radius 1 is 1.38 bits per heavy atom. The Morgan fingerprint density at radius 3 is 2.71 bits per heavy atom. The van der Waals surface area contributed by atoms with Gasteiger partial charge in [-0.1, -0.05) is 5.16 Å². The number of nitrogens with zero attached hydrogens (tertiary/aromatic N) is 3. The zero-order valence-electron chi connectivity index (χ0n) is 11.7. The van der Waals surface area contributed by atoms with Gasteiger partial charge in [0.15, 0.2) is 5.82 Å². The van der Waals surface area contributed by atoms with E-state index < -0.39 is 11.6 Å². The van der Waals surface area contributed by atoms with E-state index in [0.717, 1.165) is 12.1 Å². The lowest BCUT2D eigenvalue weighted by molar-refractivity contribution is 0.237. The van der Waals surface area contributed by atoms with Crippen molar-refractivity contribution in [2.75, 3.05) is 7.05 Å². The summed E-state index contributed by atoms with van der Waals surface area (Å²) >= 11 is 0. The van der Waals surface area contributed by atoms with Crippen molar-refractivity contribution >= 4 is 12.4 Å². The highest BCUT2D eigenvalue weighted by Gasteiger charge is 2.18. The summed E-state index contributed by atoms with van der Waals surface area (Å²) in [7, 11) is 1.77. The van der Waals surface area contributed by atoms with Crippen LogP contribution in [0.25, 0.3) is 0 Å². The number of halogens is 3. The standard InChI is InChI=1S/C13H16F2N4O.ClH/c1-8(10-5-9(14)3-4-11(10)15)19(2)7-12-17-13(6-16)20-18-12;/h3-5,8H,6-7,16H2,1-2H3;1H. The molecule has 0 aliphatic carbocycles. The molecule has 0 saturated carbocycles. The molecule has 0 spiro atoms. The average molecular weight is 319 g/mol. The maximum absolute atomic E-state index is 13.7. The molecule has 1 aromatic carbocycles. The predicted octanol–water partition coefficient (Wildman–Crippen LogP) is 2.42.